The molecule has 0 aromatic heterocycles. The molecule has 0 heterocycles. The van der Waals surface area contributed by atoms with E-state index in [1.54, 1.807) is 0 Å². The fourth-order valence-corrected chi connectivity index (χ4v) is 1.78. The predicted octanol–water partition coefficient (Wildman–Crippen LogP) is 0.981. The Morgan fingerprint density at radius 2 is 2.00 bits per heavy atom. The van der Waals surface area contributed by atoms with Crippen LogP contribution in [0.5, 0.6) is 0 Å². The van der Waals surface area contributed by atoms with Gasteiger partial charge in [0.1, 0.15) is 0 Å². The largest absolute Gasteiger partial charge is 0.343 e. The van der Waals surface area contributed by atoms with Crippen molar-refractivity contribution in [2.24, 2.45) is 11.7 Å². The van der Waals surface area contributed by atoms with Gasteiger partial charge < -0.3 is 10.6 Å². The third-order valence-electron chi connectivity index (χ3n) is 2.99. The molecule has 1 aliphatic rings. The highest BCUT2D eigenvalue weighted by Gasteiger charge is 2.42. The molecule has 0 bridgehead atoms. The van der Waals surface area contributed by atoms with Gasteiger partial charge in [0.2, 0.25) is 5.91 Å². The van der Waals surface area contributed by atoms with Crippen molar-refractivity contribution in [2.75, 3.05) is 7.05 Å². The zero-order valence-electron chi connectivity index (χ0n) is 8.79. The second-order valence-electron chi connectivity index (χ2n) is 3.93. The van der Waals surface area contributed by atoms with Crippen molar-refractivity contribution in [3.63, 3.8) is 0 Å². The second kappa shape index (κ2) is 4.09. The molecule has 2 N–H and O–H groups in total. The van der Waals surface area contributed by atoms with E-state index in [9.17, 15) is 4.79 Å². The number of nitrogens with two attached hydrogens (primary N) is 1. The van der Waals surface area contributed by atoms with E-state index in [4.69, 9.17) is 5.73 Å². The van der Waals surface area contributed by atoms with Crippen LogP contribution < -0.4 is 5.73 Å². The summed E-state index contributed by atoms with van der Waals surface area (Å²) in [6.07, 6.45) is 2.94. The minimum Gasteiger partial charge on any atom is -0.343 e. The van der Waals surface area contributed by atoms with Gasteiger partial charge in [-0.25, -0.2) is 0 Å². The van der Waals surface area contributed by atoms with Crippen molar-refractivity contribution in [3.8, 4) is 0 Å². The summed E-state index contributed by atoms with van der Waals surface area (Å²) in [5, 5.41) is 0. The summed E-state index contributed by atoms with van der Waals surface area (Å²) in [5.41, 5.74) is 5.64. The van der Waals surface area contributed by atoms with Gasteiger partial charge in [-0.1, -0.05) is 13.8 Å². The molecule has 76 valence electrons. The Morgan fingerprint density at radius 3 is 2.31 bits per heavy atom. The lowest BCUT2D eigenvalue weighted by Crippen LogP contribution is -2.38. The third-order valence-corrected chi connectivity index (χ3v) is 2.99. The molecule has 0 aliphatic heterocycles. The van der Waals surface area contributed by atoms with Gasteiger partial charge in [0, 0.05) is 19.1 Å². The fraction of sp³-hybridized carbons (Fsp3) is 0.900. The number of carbonyl (C=O) groups excluding carboxylic acids is 1. The van der Waals surface area contributed by atoms with Gasteiger partial charge in [-0.15, -0.1) is 0 Å². The molecule has 3 nitrogen and oxygen atoms in total. The van der Waals surface area contributed by atoms with Crippen LogP contribution in [0, 0.1) is 5.92 Å². The van der Waals surface area contributed by atoms with Crippen molar-refractivity contribution in [3.05, 3.63) is 0 Å². The standard InChI is InChI=1S/C10H20N2O/c1-4-7(5-2)12(3)10(13)8-6-9(8)11/h7-9H,4-6,11H2,1-3H3. The first-order valence-corrected chi connectivity index (χ1v) is 5.14. The van der Waals surface area contributed by atoms with Crippen LogP contribution >= 0.6 is 0 Å². The van der Waals surface area contributed by atoms with Crippen LogP contribution in [0.2, 0.25) is 0 Å². The maximum Gasteiger partial charge on any atom is 0.227 e. The summed E-state index contributed by atoms with van der Waals surface area (Å²) in [5.74, 6) is 0.354. The normalized spacial score (nSPS) is 26.2. The molecule has 0 aromatic carbocycles. The Kier molecular flexibility index (Phi) is 3.31. The van der Waals surface area contributed by atoms with Crippen LogP contribution in [-0.2, 0) is 4.79 Å². The predicted molar refractivity (Wildman–Crippen MR) is 53.2 cm³/mol. The van der Waals surface area contributed by atoms with Gasteiger partial charge in [0.25, 0.3) is 0 Å². The first-order chi connectivity index (χ1) is 6.11. The van der Waals surface area contributed by atoms with Gasteiger partial charge in [-0.3, -0.25) is 4.79 Å². The van der Waals surface area contributed by atoms with Crippen LogP contribution in [0.1, 0.15) is 33.1 Å². The van der Waals surface area contributed by atoms with Crippen molar-refractivity contribution >= 4 is 5.91 Å². The lowest BCUT2D eigenvalue weighted by atomic mass is 10.1. The van der Waals surface area contributed by atoms with E-state index in [1.807, 2.05) is 11.9 Å². The molecule has 0 radical (unpaired) electrons. The summed E-state index contributed by atoms with van der Waals surface area (Å²) < 4.78 is 0. The van der Waals surface area contributed by atoms with Gasteiger partial charge in [0.05, 0.1) is 5.92 Å². The zero-order valence-corrected chi connectivity index (χ0v) is 8.79. The van der Waals surface area contributed by atoms with Gasteiger partial charge >= 0.3 is 0 Å². The Labute approximate surface area is 80.3 Å². The van der Waals surface area contributed by atoms with Gasteiger partial charge in [0.15, 0.2) is 0 Å². The monoisotopic (exact) mass is 184 g/mol. The molecule has 2 unspecified atom stereocenters. The van der Waals surface area contributed by atoms with Crippen LogP contribution in [-0.4, -0.2) is 29.9 Å². The highest BCUT2D eigenvalue weighted by atomic mass is 16.2. The molecule has 1 fully saturated rings. The van der Waals surface area contributed by atoms with E-state index >= 15 is 0 Å². The summed E-state index contributed by atoms with van der Waals surface area (Å²) in [6.45, 7) is 4.23. The lowest BCUT2D eigenvalue weighted by molar-refractivity contribution is -0.133. The molecule has 1 amide bonds. The quantitative estimate of drug-likeness (QED) is 0.708. The second-order valence-corrected chi connectivity index (χ2v) is 3.93. The fourth-order valence-electron chi connectivity index (χ4n) is 1.78. The highest BCUT2D eigenvalue weighted by molar-refractivity contribution is 5.82. The summed E-state index contributed by atoms with van der Waals surface area (Å²) in [4.78, 5) is 13.6. The molecule has 0 aromatic rings. The molecule has 1 aliphatic carbocycles. The highest BCUT2D eigenvalue weighted by Crippen LogP contribution is 2.30. The molecule has 0 spiro atoms. The SMILES string of the molecule is CCC(CC)N(C)C(=O)C1CC1N. The summed E-state index contributed by atoms with van der Waals surface area (Å²) >= 11 is 0. The molecular formula is C10H20N2O. The van der Waals surface area contributed by atoms with Crippen LogP contribution in [0.4, 0.5) is 0 Å². The Hall–Kier alpha value is -0.570. The number of hydrogen-bond donors (Lipinski definition) is 1. The van der Waals surface area contributed by atoms with Crippen LogP contribution in [0.15, 0.2) is 0 Å². The first kappa shape index (κ1) is 10.5. The lowest BCUT2D eigenvalue weighted by Gasteiger charge is -2.26. The van der Waals surface area contributed by atoms with E-state index in [2.05, 4.69) is 13.8 Å². The zero-order chi connectivity index (χ0) is 10.0. The number of rotatable bonds is 4. The van der Waals surface area contributed by atoms with Crippen LogP contribution in [0.3, 0.4) is 0 Å². The van der Waals surface area contributed by atoms with Crippen molar-refractivity contribution in [2.45, 2.75) is 45.2 Å². The minimum absolute atomic E-state index is 0.116. The number of nitrogens with zero attached hydrogens (tertiary/aromatic N) is 1. The van der Waals surface area contributed by atoms with E-state index in [0.717, 1.165) is 19.3 Å². The van der Waals surface area contributed by atoms with Gasteiger partial charge in [-0.2, -0.15) is 0 Å². The molecular weight excluding hydrogens is 164 g/mol. The average Bonchev–Trinajstić information content (AvgIpc) is 2.83. The van der Waals surface area contributed by atoms with E-state index in [0.29, 0.717) is 6.04 Å². The van der Waals surface area contributed by atoms with Crippen LogP contribution in [0.25, 0.3) is 0 Å². The Balaban J connectivity index is 2.45. The maximum absolute atomic E-state index is 11.7. The number of carbonyl (C=O) groups is 1. The first-order valence-electron chi connectivity index (χ1n) is 5.14. The Bertz CT molecular complexity index is 189. The number of amides is 1. The summed E-state index contributed by atoms with van der Waals surface area (Å²) in [7, 11) is 1.89. The van der Waals surface area contributed by atoms with Crippen molar-refractivity contribution < 1.29 is 4.79 Å². The summed E-state index contributed by atoms with van der Waals surface area (Å²) in [6, 6.07) is 0.518. The number of hydrogen-bond acceptors (Lipinski definition) is 2. The Morgan fingerprint density at radius 1 is 1.54 bits per heavy atom. The topological polar surface area (TPSA) is 46.3 Å². The molecule has 3 heteroatoms. The van der Waals surface area contributed by atoms with E-state index < -0.39 is 0 Å². The molecule has 13 heavy (non-hydrogen) atoms. The third kappa shape index (κ3) is 2.21. The molecule has 0 saturated heterocycles. The minimum atomic E-state index is 0.116. The van der Waals surface area contributed by atoms with Crippen molar-refractivity contribution in [1.29, 1.82) is 0 Å². The average molecular weight is 184 g/mol. The van der Waals surface area contributed by atoms with E-state index in [-0.39, 0.29) is 17.9 Å². The molecule has 1 rings (SSSR count). The molecule has 1 saturated carbocycles. The van der Waals surface area contributed by atoms with E-state index in [1.165, 1.54) is 0 Å². The maximum atomic E-state index is 11.7. The molecule has 2 atom stereocenters. The van der Waals surface area contributed by atoms with Gasteiger partial charge in [-0.05, 0) is 19.3 Å². The smallest absolute Gasteiger partial charge is 0.227 e. The van der Waals surface area contributed by atoms with Crippen molar-refractivity contribution in [1.82, 2.24) is 4.90 Å².